The molecule has 0 amide bonds. The van der Waals surface area contributed by atoms with Gasteiger partial charge in [0.15, 0.2) is 6.40 Å². The average Bonchev–Trinajstić information content (AvgIpc) is 1.91. The first kappa shape index (κ1) is 5.75. The molecule has 0 aliphatic carbocycles. The number of aromatic nitrogens is 1. The lowest BCUT2D eigenvalue weighted by Gasteiger charge is -1.93. The normalized spacial score (nSPS) is 8.44. The van der Waals surface area contributed by atoms with Crippen LogP contribution in [-0.4, -0.2) is 11.4 Å². The fourth-order valence-electron chi connectivity index (χ4n) is 0.485. The molecule has 3 nitrogen and oxygen atoms in total. The van der Waals surface area contributed by atoms with Crippen LogP contribution in [0.2, 0.25) is 0 Å². The van der Waals surface area contributed by atoms with Gasteiger partial charge in [0.2, 0.25) is 0 Å². The Bertz CT molecular complexity index is 186. The Kier molecular flexibility index (Phi) is 1.80. The molecule has 0 saturated heterocycles. The second kappa shape index (κ2) is 2.81. The highest BCUT2D eigenvalue weighted by Gasteiger charge is 1.84. The van der Waals surface area contributed by atoms with Gasteiger partial charge in [0.1, 0.15) is 5.75 Å². The molecule has 1 heterocycles. The molecule has 0 bridgehead atoms. The van der Waals surface area contributed by atoms with E-state index in [-0.39, 0.29) is 0 Å². The molecule has 0 atom stereocenters. The van der Waals surface area contributed by atoms with Gasteiger partial charge in [0.25, 0.3) is 0 Å². The minimum absolute atomic E-state index is 0.590. The second-order valence-corrected chi connectivity index (χ2v) is 1.42. The van der Waals surface area contributed by atoms with Crippen LogP contribution in [0.5, 0.6) is 5.75 Å². The van der Waals surface area contributed by atoms with Crippen molar-refractivity contribution in [2.24, 2.45) is 0 Å². The number of pyridine rings is 1. The van der Waals surface area contributed by atoms with Crippen molar-refractivity contribution in [3.05, 3.63) is 24.5 Å². The first-order valence-electron chi connectivity index (χ1n) is 2.49. The van der Waals surface area contributed by atoms with E-state index in [1.807, 2.05) is 0 Å². The van der Waals surface area contributed by atoms with Crippen LogP contribution in [0.4, 0.5) is 0 Å². The largest absolute Gasteiger partial charge is 0.445 e. The van der Waals surface area contributed by atoms with Gasteiger partial charge < -0.3 is 4.74 Å². The lowest BCUT2D eigenvalue weighted by atomic mass is 10.5. The van der Waals surface area contributed by atoms with Gasteiger partial charge in [-0.05, 0) is 12.1 Å². The fraction of sp³-hybridized carbons (Fsp3) is 0. The van der Waals surface area contributed by atoms with Gasteiger partial charge in [-0.25, -0.2) is 0 Å². The fourth-order valence-corrected chi connectivity index (χ4v) is 0.485. The number of hydrogen-bond acceptors (Lipinski definition) is 3. The molecule has 46 valence electrons. The third-order valence-electron chi connectivity index (χ3n) is 0.829. The van der Waals surface area contributed by atoms with Gasteiger partial charge in [-0.15, -0.1) is 0 Å². The van der Waals surface area contributed by atoms with Crippen LogP contribution in [0.25, 0.3) is 0 Å². The standard InChI is InChI=1S/C6H6N2O/c7-5-9-6-2-1-3-8-4-6/h1-5,7H. The van der Waals surface area contributed by atoms with Crippen molar-refractivity contribution < 1.29 is 4.74 Å². The maximum Gasteiger partial charge on any atom is 0.173 e. The van der Waals surface area contributed by atoms with Gasteiger partial charge in [-0.2, -0.15) is 0 Å². The molecule has 0 aromatic carbocycles. The van der Waals surface area contributed by atoms with Crippen LogP contribution in [0.1, 0.15) is 0 Å². The molecule has 0 aliphatic heterocycles. The average molecular weight is 122 g/mol. The molecule has 1 aromatic heterocycles. The minimum Gasteiger partial charge on any atom is -0.445 e. The molecule has 3 heteroatoms. The summed E-state index contributed by atoms with van der Waals surface area (Å²) in [6.07, 6.45) is 4.07. The number of rotatable bonds is 2. The zero-order valence-corrected chi connectivity index (χ0v) is 4.74. The smallest absolute Gasteiger partial charge is 0.173 e. The highest BCUT2D eigenvalue weighted by molar-refractivity contribution is 5.47. The number of ether oxygens (including phenoxy) is 1. The highest BCUT2D eigenvalue weighted by Crippen LogP contribution is 2.03. The van der Waals surface area contributed by atoms with Crippen molar-refractivity contribution in [1.82, 2.24) is 4.98 Å². The summed E-state index contributed by atoms with van der Waals surface area (Å²) < 4.78 is 4.69. The highest BCUT2D eigenvalue weighted by atomic mass is 16.5. The minimum atomic E-state index is 0.590. The van der Waals surface area contributed by atoms with Crippen LogP contribution >= 0.6 is 0 Å². The maximum atomic E-state index is 6.57. The summed E-state index contributed by atoms with van der Waals surface area (Å²) in [7, 11) is 0. The van der Waals surface area contributed by atoms with Crippen molar-refractivity contribution >= 4 is 6.40 Å². The zero-order valence-electron chi connectivity index (χ0n) is 4.74. The molecule has 1 aromatic rings. The first-order valence-corrected chi connectivity index (χ1v) is 2.49. The number of hydrogen-bond donors (Lipinski definition) is 1. The number of nitrogens with zero attached hydrogens (tertiary/aromatic N) is 1. The van der Waals surface area contributed by atoms with Crippen molar-refractivity contribution in [2.45, 2.75) is 0 Å². The Hall–Kier alpha value is -1.38. The Labute approximate surface area is 52.8 Å². The Morgan fingerprint density at radius 3 is 3.11 bits per heavy atom. The van der Waals surface area contributed by atoms with Crippen molar-refractivity contribution in [2.75, 3.05) is 0 Å². The van der Waals surface area contributed by atoms with E-state index in [9.17, 15) is 0 Å². The van der Waals surface area contributed by atoms with Crippen molar-refractivity contribution in [1.29, 1.82) is 5.41 Å². The van der Waals surface area contributed by atoms with Crippen LogP contribution in [0.3, 0.4) is 0 Å². The molecular weight excluding hydrogens is 116 g/mol. The van der Waals surface area contributed by atoms with Gasteiger partial charge in [0.05, 0.1) is 6.20 Å². The quantitative estimate of drug-likeness (QED) is 0.471. The first-order chi connectivity index (χ1) is 4.43. The topological polar surface area (TPSA) is 46.0 Å². The molecule has 1 rings (SSSR count). The van der Waals surface area contributed by atoms with Crippen LogP contribution in [-0.2, 0) is 0 Å². The molecule has 0 radical (unpaired) electrons. The maximum absolute atomic E-state index is 6.57. The summed E-state index contributed by atoms with van der Waals surface area (Å²) in [5.41, 5.74) is 0. The summed E-state index contributed by atoms with van der Waals surface area (Å²) >= 11 is 0. The van der Waals surface area contributed by atoms with Gasteiger partial charge in [0, 0.05) is 6.20 Å². The summed E-state index contributed by atoms with van der Waals surface area (Å²) in [5.74, 6) is 0.590. The van der Waals surface area contributed by atoms with E-state index in [4.69, 9.17) is 5.41 Å². The van der Waals surface area contributed by atoms with Crippen molar-refractivity contribution in [3.63, 3.8) is 0 Å². The molecule has 9 heavy (non-hydrogen) atoms. The molecule has 0 fully saturated rings. The SMILES string of the molecule is N=COc1cccnc1. The van der Waals surface area contributed by atoms with Gasteiger partial charge in [-0.3, -0.25) is 10.4 Å². The van der Waals surface area contributed by atoms with Crippen LogP contribution < -0.4 is 4.74 Å². The predicted octanol–water partition coefficient (Wildman–Crippen LogP) is 1.07. The number of nitrogens with one attached hydrogen (secondary N) is 1. The lowest BCUT2D eigenvalue weighted by Crippen LogP contribution is -1.86. The Morgan fingerprint density at radius 2 is 2.56 bits per heavy atom. The molecular formula is C6H6N2O. The monoisotopic (exact) mass is 122 g/mol. The van der Waals surface area contributed by atoms with Crippen molar-refractivity contribution in [3.8, 4) is 5.75 Å². The molecule has 0 saturated carbocycles. The molecule has 0 aliphatic rings. The summed E-state index contributed by atoms with van der Waals surface area (Å²) in [6.45, 7) is 0. The zero-order chi connectivity index (χ0) is 6.53. The van der Waals surface area contributed by atoms with Crippen LogP contribution in [0.15, 0.2) is 24.5 Å². The Balaban J connectivity index is 2.72. The molecule has 1 N–H and O–H groups in total. The Morgan fingerprint density at radius 1 is 1.67 bits per heavy atom. The predicted molar refractivity (Wildman–Crippen MR) is 33.6 cm³/mol. The summed E-state index contributed by atoms with van der Waals surface area (Å²) in [4.78, 5) is 3.77. The van der Waals surface area contributed by atoms with E-state index < -0.39 is 0 Å². The third-order valence-corrected chi connectivity index (χ3v) is 0.829. The van der Waals surface area contributed by atoms with Gasteiger partial charge in [-0.1, -0.05) is 0 Å². The van der Waals surface area contributed by atoms with E-state index in [1.165, 1.54) is 0 Å². The van der Waals surface area contributed by atoms with E-state index in [2.05, 4.69) is 9.72 Å². The van der Waals surface area contributed by atoms with E-state index in [0.717, 1.165) is 6.40 Å². The van der Waals surface area contributed by atoms with Crippen LogP contribution in [0, 0.1) is 5.41 Å². The summed E-state index contributed by atoms with van der Waals surface area (Å²) in [5, 5.41) is 6.57. The van der Waals surface area contributed by atoms with E-state index >= 15 is 0 Å². The molecule has 0 spiro atoms. The van der Waals surface area contributed by atoms with Gasteiger partial charge >= 0.3 is 0 Å². The van der Waals surface area contributed by atoms with E-state index in [0.29, 0.717) is 5.75 Å². The third kappa shape index (κ3) is 1.53. The molecule has 0 unspecified atom stereocenters. The second-order valence-electron chi connectivity index (χ2n) is 1.42. The summed E-state index contributed by atoms with van der Waals surface area (Å²) in [6, 6.07) is 3.48. The lowest BCUT2D eigenvalue weighted by molar-refractivity contribution is 0.566. The van der Waals surface area contributed by atoms with E-state index in [1.54, 1.807) is 24.5 Å².